The Morgan fingerprint density at radius 2 is 2.11 bits per heavy atom. The summed E-state index contributed by atoms with van der Waals surface area (Å²) in [6.45, 7) is 0.189. The van der Waals surface area contributed by atoms with Gasteiger partial charge in [-0.1, -0.05) is 0 Å². The Balaban J connectivity index is 3.41. The van der Waals surface area contributed by atoms with E-state index in [0.717, 1.165) is 0 Å². The summed E-state index contributed by atoms with van der Waals surface area (Å²) in [6.07, 6.45) is -3.38. The highest BCUT2D eigenvalue weighted by atomic mass is 19.3. The number of methoxy groups -OCH3 is 1. The van der Waals surface area contributed by atoms with E-state index in [1.165, 1.54) is 7.11 Å². The topological polar surface area (TPSA) is 21.3 Å². The van der Waals surface area contributed by atoms with E-state index in [9.17, 15) is 8.78 Å². The summed E-state index contributed by atoms with van der Waals surface area (Å²) >= 11 is 0. The number of alkyl halides is 2. The van der Waals surface area contributed by atoms with E-state index in [2.05, 4.69) is 10.1 Å². The van der Waals surface area contributed by atoms with Gasteiger partial charge in [0.15, 0.2) is 0 Å². The van der Waals surface area contributed by atoms with Gasteiger partial charge in [0.05, 0.1) is 0 Å². The van der Waals surface area contributed by atoms with Gasteiger partial charge in [-0.15, -0.1) is 0 Å². The van der Waals surface area contributed by atoms with Crippen molar-refractivity contribution in [3.05, 3.63) is 0 Å². The van der Waals surface area contributed by atoms with Gasteiger partial charge >= 0.3 is 0 Å². The maximum absolute atomic E-state index is 11.7. The van der Waals surface area contributed by atoms with Gasteiger partial charge in [0.1, 0.15) is 6.10 Å². The first-order chi connectivity index (χ1) is 4.22. The highest BCUT2D eigenvalue weighted by Crippen LogP contribution is 2.02. The van der Waals surface area contributed by atoms with E-state index in [-0.39, 0.29) is 6.54 Å². The number of likely N-dealkylation sites (N-methyl/N-ethyl adjacent to an activating group) is 1. The molecule has 0 bridgehead atoms. The number of hydrogen-bond acceptors (Lipinski definition) is 2. The lowest BCUT2D eigenvalue weighted by Gasteiger charge is -2.12. The van der Waals surface area contributed by atoms with Crippen molar-refractivity contribution < 1.29 is 13.5 Å². The summed E-state index contributed by atoms with van der Waals surface area (Å²) in [5, 5.41) is 2.60. The van der Waals surface area contributed by atoms with E-state index in [1.807, 2.05) is 0 Å². The van der Waals surface area contributed by atoms with E-state index >= 15 is 0 Å². The molecular formula is C5H11F2NO. The molecule has 56 valence electrons. The van der Waals surface area contributed by atoms with E-state index in [4.69, 9.17) is 0 Å². The number of ether oxygens (including phenoxy) is 1. The fraction of sp³-hybridized carbons (Fsp3) is 1.00. The Labute approximate surface area is 53.2 Å². The molecule has 2 nitrogen and oxygen atoms in total. The molecule has 0 aromatic heterocycles. The van der Waals surface area contributed by atoms with Crippen molar-refractivity contribution in [1.29, 1.82) is 0 Å². The molecule has 0 saturated carbocycles. The molecule has 0 aromatic rings. The summed E-state index contributed by atoms with van der Waals surface area (Å²) in [7, 11) is 2.88. The van der Waals surface area contributed by atoms with Crippen LogP contribution < -0.4 is 5.32 Å². The van der Waals surface area contributed by atoms with Crippen molar-refractivity contribution in [3.8, 4) is 0 Å². The van der Waals surface area contributed by atoms with Gasteiger partial charge in [0.25, 0.3) is 6.43 Å². The summed E-state index contributed by atoms with van der Waals surface area (Å²) in [4.78, 5) is 0. The summed E-state index contributed by atoms with van der Waals surface area (Å²) in [6, 6.07) is 0. The predicted molar refractivity (Wildman–Crippen MR) is 30.7 cm³/mol. The number of hydrogen-bond donors (Lipinski definition) is 1. The molecule has 0 aliphatic heterocycles. The van der Waals surface area contributed by atoms with Gasteiger partial charge in [-0.2, -0.15) is 0 Å². The van der Waals surface area contributed by atoms with Crippen molar-refractivity contribution in [2.45, 2.75) is 12.5 Å². The van der Waals surface area contributed by atoms with Crippen LogP contribution in [0.2, 0.25) is 0 Å². The van der Waals surface area contributed by atoms with Crippen molar-refractivity contribution >= 4 is 0 Å². The van der Waals surface area contributed by atoms with Crippen LogP contribution >= 0.6 is 0 Å². The van der Waals surface area contributed by atoms with Crippen molar-refractivity contribution in [3.63, 3.8) is 0 Å². The fourth-order valence-electron chi connectivity index (χ4n) is 0.476. The summed E-state index contributed by atoms with van der Waals surface area (Å²) < 4.78 is 27.9. The molecule has 1 N–H and O–H groups in total. The second-order valence-electron chi connectivity index (χ2n) is 1.67. The van der Waals surface area contributed by atoms with Crippen molar-refractivity contribution in [2.24, 2.45) is 0 Å². The van der Waals surface area contributed by atoms with Crippen LogP contribution in [0.15, 0.2) is 0 Å². The third-order valence-electron chi connectivity index (χ3n) is 0.989. The monoisotopic (exact) mass is 139 g/mol. The number of nitrogens with one attached hydrogen (secondary N) is 1. The van der Waals surface area contributed by atoms with Crippen LogP contribution in [0.5, 0.6) is 0 Å². The summed E-state index contributed by atoms with van der Waals surface area (Å²) in [5.41, 5.74) is 0. The Hall–Kier alpha value is -0.220. The second-order valence-corrected chi connectivity index (χ2v) is 1.67. The highest BCUT2D eigenvalue weighted by Gasteiger charge is 2.17. The third-order valence-corrected chi connectivity index (χ3v) is 0.989. The van der Waals surface area contributed by atoms with Crippen LogP contribution in [0, 0.1) is 0 Å². The summed E-state index contributed by atoms with van der Waals surface area (Å²) in [5.74, 6) is 0. The Bertz CT molecular complexity index is 70.0. The first-order valence-corrected chi connectivity index (χ1v) is 2.68. The molecule has 4 heteroatoms. The van der Waals surface area contributed by atoms with Gasteiger partial charge in [-0.05, 0) is 7.05 Å². The van der Waals surface area contributed by atoms with Crippen LogP contribution in [0.4, 0.5) is 8.78 Å². The van der Waals surface area contributed by atoms with Crippen LogP contribution in [0.1, 0.15) is 0 Å². The van der Waals surface area contributed by atoms with Crippen LogP contribution in [-0.2, 0) is 4.74 Å². The van der Waals surface area contributed by atoms with E-state index < -0.39 is 12.5 Å². The molecule has 0 rings (SSSR count). The zero-order valence-corrected chi connectivity index (χ0v) is 5.53. The fourth-order valence-corrected chi connectivity index (χ4v) is 0.476. The Morgan fingerprint density at radius 1 is 1.56 bits per heavy atom. The molecule has 0 aliphatic rings. The maximum Gasteiger partial charge on any atom is 0.265 e. The SMILES string of the molecule is CNC[C@H](OC)C(F)F. The van der Waals surface area contributed by atoms with Crippen LogP contribution in [0.3, 0.4) is 0 Å². The lowest BCUT2D eigenvalue weighted by Crippen LogP contribution is -2.31. The van der Waals surface area contributed by atoms with Crippen LogP contribution in [0.25, 0.3) is 0 Å². The minimum Gasteiger partial charge on any atom is -0.374 e. The first kappa shape index (κ1) is 8.78. The lowest BCUT2D eigenvalue weighted by molar-refractivity contribution is -0.0300. The average molecular weight is 139 g/mol. The Morgan fingerprint density at radius 3 is 2.22 bits per heavy atom. The molecule has 0 saturated heterocycles. The molecular weight excluding hydrogens is 128 g/mol. The highest BCUT2D eigenvalue weighted by molar-refractivity contribution is 4.60. The quantitative estimate of drug-likeness (QED) is 0.612. The maximum atomic E-state index is 11.7. The largest absolute Gasteiger partial charge is 0.374 e. The minimum absolute atomic E-state index is 0.189. The molecule has 0 fully saturated rings. The zero-order valence-electron chi connectivity index (χ0n) is 5.53. The number of halogens is 2. The zero-order chi connectivity index (χ0) is 7.28. The van der Waals surface area contributed by atoms with Gasteiger partial charge in [-0.3, -0.25) is 0 Å². The molecule has 1 atom stereocenters. The average Bonchev–Trinajstić information content (AvgIpc) is 1.82. The van der Waals surface area contributed by atoms with Crippen molar-refractivity contribution in [1.82, 2.24) is 5.32 Å². The number of rotatable bonds is 4. The Kier molecular flexibility index (Phi) is 4.53. The van der Waals surface area contributed by atoms with Crippen molar-refractivity contribution in [2.75, 3.05) is 20.7 Å². The van der Waals surface area contributed by atoms with E-state index in [1.54, 1.807) is 7.05 Å². The predicted octanol–water partition coefficient (Wildman–Crippen LogP) is 0.486. The molecule has 0 aromatic carbocycles. The molecule has 0 unspecified atom stereocenters. The van der Waals surface area contributed by atoms with Gasteiger partial charge < -0.3 is 10.1 Å². The van der Waals surface area contributed by atoms with Gasteiger partial charge in [0, 0.05) is 13.7 Å². The standard InChI is InChI=1S/C5H11F2NO/c1-8-3-4(9-2)5(6)7/h4-5,8H,3H2,1-2H3/t4-/m0/s1. The molecule has 0 radical (unpaired) electrons. The molecule has 9 heavy (non-hydrogen) atoms. The normalized spacial score (nSPS) is 14.3. The van der Waals surface area contributed by atoms with E-state index in [0.29, 0.717) is 0 Å². The first-order valence-electron chi connectivity index (χ1n) is 2.68. The van der Waals surface area contributed by atoms with Gasteiger partial charge in [-0.25, -0.2) is 8.78 Å². The second kappa shape index (κ2) is 4.64. The molecule has 0 aliphatic carbocycles. The minimum atomic E-state index is -2.40. The third kappa shape index (κ3) is 3.37. The lowest BCUT2D eigenvalue weighted by atomic mass is 10.4. The smallest absolute Gasteiger partial charge is 0.265 e. The molecule has 0 heterocycles. The molecule has 0 spiro atoms. The molecule has 0 amide bonds. The van der Waals surface area contributed by atoms with Crippen LogP contribution in [-0.4, -0.2) is 33.2 Å². The van der Waals surface area contributed by atoms with Gasteiger partial charge in [0.2, 0.25) is 0 Å².